The van der Waals surface area contributed by atoms with Crippen molar-refractivity contribution in [2.45, 2.75) is 26.7 Å². The van der Waals surface area contributed by atoms with E-state index in [0.29, 0.717) is 5.75 Å². The molecule has 0 saturated carbocycles. The molecule has 2 rings (SSSR count). The molecule has 2 aromatic rings. The van der Waals surface area contributed by atoms with Gasteiger partial charge in [-0.2, -0.15) is 0 Å². The second-order valence-electron chi connectivity index (χ2n) is 5.93. The Kier molecular flexibility index (Phi) is 5.64. The lowest BCUT2D eigenvalue weighted by Gasteiger charge is -2.12. The van der Waals surface area contributed by atoms with Crippen LogP contribution in [-0.2, 0) is 9.53 Å². The van der Waals surface area contributed by atoms with E-state index in [1.165, 1.54) is 12.1 Å². The second-order valence-corrected chi connectivity index (χ2v) is 5.93. The van der Waals surface area contributed by atoms with Crippen molar-refractivity contribution < 1.29 is 29.3 Å². The number of carbonyl (C=O) groups is 2. The highest BCUT2D eigenvalue weighted by molar-refractivity contribution is 5.93. The Balaban J connectivity index is 1.99. The summed E-state index contributed by atoms with van der Waals surface area (Å²) in [7, 11) is 0. The van der Waals surface area contributed by atoms with Gasteiger partial charge in [0.1, 0.15) is 22.8 Å². The summed E-state index contributed by atoms with van der Waals surface area (Å²) in [6.45, 7) is 5.28. The van der Waals surface area contributed by atoms with Crippen LogP contribution >= 0.6 is 0 Å². The summed E-state index contributed by atoms with van der Waals surface area (Å²) in [5.41, 5.74) is 1.67. The fourth-order valence-corrected chi connectivity index (χ4v) is 2.13. The van der Waals surface area contributed by atoms with Crippen molar-refractivity contribution in [1.29, 1.82) is 0 Å². The summed E-state index contributed by atoms with van der Waals surface area (Å²) < 4.78 is 10.1. The van der Waals surface area contributed by atoms with Gasteiger partial charge in [-0.15, -0.1) is 0 Å². The number of carbonyl (C=O) groups excluding carboxylic acids is 2. The van der Waals surface area contributed by atoms with Crippen LogP contribution in [0.3, 0.4) is 0 Å². The first-order valence-electron chi connectivity index (χ1n) is 7.78. The monoisotopic (exact) mass is 344 g/mol. The topological polar surface area (TPSA) is 93.1 Å². The molecule has 0 aromatic heterocycles. The Bertz CT molecular complexity index is 794. The van der Waals surface area contributed by atoms with Gasteiger partial charge in [0, 0.05) is 6.07 Å². The van der Waals surface area contributed by atoms with Gasteiger partial charge in [0.15, 0.2) is 6.61 Å². The molecule has 0 saturated heterocycles. The molecule has 25 heavy (non-hydrogen) atoms. The normalized spacial score (nSPS) is 10.6. The van der Waals surface area contributed by atoms with Gasteiger partial charge in [-0.25, -0.2) is 9.59 Å². The van der Waals surface area contributed by atoms with Crippen LogP contribution in [0.15, 0.2) is 36.4 Å². The van der Waals surface area contributed by atoms with Crippen molar-refractivity contribution >= 4 is 11.9 Å². The zero-order valence-electron chi connectivity index (χ0n) is 14.3. The number of phenols is 2. The third-order valence-electron chi connectivity index (χ3n) is 3.63. The van der Waals surface area contributed by atoms with Gasteiger partial charge >= 0.3 is 11.9 Å². The van der Waals surface area contributed by atoms with Crippen LogP contribution in [0, 0.1) is 6.92 Å². The number of rotatable bonds is 5. The van der Waals surface area contributed by atoms with Gasteiger partial charge in [-0.1, -0.05) is 26.0 Å². The molecule has 6 nitrogen and oxygen atoms in total. The lowest BCUT2D eigenvalue weighted by atomic mass is 10.0. The maximum absolute atomic E-state index is 11.9. The molecule has 0 aliphatic carbocycles. The third-order valence-corrected chi connectivity index (χ3v) is 3.63. The van der Waals surface area contributed by atoms with Crippen molar-refractivity contribution in [2.75, 3.05) is 6.61 Å². The molecule has 0 aliphatic rings. The second kappa shape index (κ2) is 7.70. The fraction of sp³-hybridized carbons (Fsp3) is 0.263. The van der Waals surface area contributed by atoms with Crippen LogP contribution in [0.2, 0.25) is 0 Å². The van der Waals surface area contributed by atoms with Crippen molar-refractivity contribution in [3.8, 4) is 17.2 Å². The van der Waals surface area contributed by atoms with E-state index in [4.69, 9.17) is 9.47 Å². The maximum atomic E-state index is 11.9. The average Bonchev–Trinajstić information content (AvgIpc) is 2.54. The summed E-state index contributed by atoms with van der Waals surface area (Å²) in [6, 6.07) is 9.05. The summed E-state index contributed by atoms with van der Waals surface area (Å²) in [4.78, 5) is 23.8. The first-order valence-corrected chi connectivity index (χ1v) is 7.78. The molecule has 0 heterocycles. The molecule has 0 aliphatic heterocycles. The van der Waals surface area contributed by atoms with Gasteiger partial charge in [0.25, 0.3) is 0 Å². The standard InChI is InChI=1S/C19H20O6/c1-11(2)13-5-4-12(3)17(8-13)25-18(22)10-24-19(23)15-7-6-14(20)9-16(15)21/h4-9,11,20-21H,10H2,1-3H3. The van der Waals surface area contributed by atoms with E-state index >= 15 is 0 Å². The number of hydrogen-bond acceptors (Lipinski definition) is 6. The highest BCUT2D eigenvalue weighted by Gasteiger charge is 2.16. The lowest BCUT2D eigenvalue weighted by molar-refractivity contribution is -0.137. The maximum Gasteiger partial charge on any atom is 0.349 e. The minimum atomic E-state index is -0.887. The number of aromatic hydroxyl groups is 2. The summed E-state index contributed by atoms with van der Waals surface area (Å²) in [6.07, 6.45) is 0. The van der Waals surface area contributed by atoms with E-state index < -0.39 is 24.3 Å². The Morgan fingerprint density at radius 1 is 1.08 bits per heavy atom. The zero-order chi connectivity index (χ0) is 18.6. The summed E-state index contributed by atoms with van der Waals surface area (Å²) in [5.74, 6) is -1.53. The number of phenolic OH excluding ortho intramolecular Hbond substituents is 2. The van der Waals surface area contributed by atoms with E-state index in [1.807, 2.05) is 32.9 Å². The Morgan fingerprint density at radius 2 is 1.80 bits per heavy atom. The molecule has 2 N–H and O–H groups in total. The minimum Gasteiger partial charge on any atom is -0.508 e. The highest BCUT2D eigenvalue weighted by atomic mass is 16.6. The number of ether oxygens (including phenoxy) is 2. The lowest BCUT2D eigenvalue weighted by Crippen LogP contribution is -2.19. The summed E-state index contributed by atoms with van der Waals surface area (Å²) in [5, 5.41) is 18.8. The molecule has 0 unspecified atom stereocenters. The molecule has 132 valence electrons. The van der Waals surface area contributed by atoms with Gasteiger partial charge in [-0.3, -0.25) is 0 Å². The van der Waals surface area contributed by atoms with Crippen LogP contribution in [0.5, 0.6) is 17.2 Å². The zero-order valence-corrected chi connectivity index (χ0v) is 14.3. The van der Waals surface area contributed by atoms with E-state index in [-0.39, 0.29) is 17.2 Å². The molecular formula is C19H20O6. The number of esters is 2. The molecule has 2 aromatic carbocycles. The predicted octanol–water partition coefficient (Wildman–Crippen LogP) is 3.29. The molecule has 0 atom stereocenters. The molecule has 0 radical (unpaired) electrons. The number of benzene rings is 2. The van der Waals surface area contributed by atoms with Crippen LogP contribution in [0.4, 0.5) is 0 Å². The van der Waals surface area contributed by atoms with Crippen molar-refractivity contribution in [3.05, 3.63) is 53.1 Å². The first-order chi connectivity index (χ1) is 11.8. The number of aryl methyl sites for hydroxylation is 1. The van der Waals surface area contributed by atoms with Crippen LogP contribution in [-0.4, -0.2) is 28.8 Å². The predicted molar refractivity (Wildman–Crippen MR) is 91.0 cm³/mol. The van der Waals surface area contributed by atoms with Crippen LogP contribution in [0.1, 0.15) is 41.3 Å². The molecule has 6 heteroatoms. The molecule has 0 amide bonds. The van der Waals surface area contributed by atoms with Crippen LogP contribution < -0.4 is 4.74 Å². The third kappa shape index (κ3) is 4.73. The first kappa shape index (κ1) is 18.3. The van der Waals surface area contributed by atoms with Gasteiger partial charge in [0.05, 0.1) is 0 Å². The van der Waals surface area contributed by atoms with Crippen molar-refractivity contribution in [1.82, 2.24) is 0 Å². The van der Waals surface area contributed by atoms with E-state index in [1.54, 1.807) is 6.07 Å². The smallest absolute Gasteiger partial charge is 0.349 e. The quantitative estimate of drug-likeness (QED) is 0.639. The highest BCUT2D eigenvalue weighted by Crippen LogP contribution is 2.25. The van der Waals surface area contributed by atoms with Gasteiger partial charge in [0.2, 0.25) is 0 Å². The summed E-state index contributed by atoms with van der Waals surface area (Å²) >= 11 is 0. The van der Waals surface area contributed by atoms with E-state index in [2.05, 4.69) is 0 Å². The Hall–Kier alpha value is -3.02. The minimum absolute atomic E-state index is 0.149. The van der Waals surface area contributed by atoms with E-state index in [0.717, 1.165) is 17.2 Å². The Morgan fingerprint density at radius 3 is 2.44 bits per heavy atom. The van der Waals surface area contributed by atoms with Crippen LogP contribution in [0.25, 0.3) is 0 Å². The van der Waals surface area contributed by atoms with Gasteiger partial charge in [-0.05, 0) is 42.2 Å². The number of hydrogen-bond donors (Lipinski definition) is 2. The Labute approximate surface area is 145 Å². The largest absolute Gasteiger partial charge is 0.508 e. The molecule has 0 bridgehead atoms. The fourth-order valence-electron chi connectivity index (χ4n) is 2.13. The van der Waals surface area contributed by atoms with Crippen molar-refractivity contribution in [2.24, 2.45) is 0 Å². The van der Waals surface area contributed by atoms with E-state index in [9.17, 15) is 19.8 Å². The van der Waals surface area contributed by atoms with Gasteiger partial charge < -0.3 is 19.7 Å². The molecular weight excluding hydrogens is 324 g/mol. The average molecular weight is 344 g/mol. The molecule has 0 spiro atoms. The molecule has 0 fully saturated rings. The SMILES string of the molecule is Cc1ccc(C(C)C)cc1OC(=O)COC(=O)c1ccc(O)cc1O. The van der Waals surface area contributed by atoms with Crippen molar-refractivity contribution in [3.63, 3.8) is 0 Å².